The molecule has 1 saturated heterocycles. The lowest BCUT2D eigenvalue weighted by Crippen LogP contribution is -2.42. The van der Waals surface area contributed by atoms with Crippen molar-refractivity contribution in [2.24, 2.45) is 0 Å². The van der Waals surface area contributed by atoms with E-state index in [4.69, 9.17) is 4.74 Å². The summed E-state index contributed by atoms with van der Waals surface area (Å²) >= 11 is 0. The highest BCUT2D eigenvalue weighted by atomic mass is 16.6. The van der Waals surface area contributed by atoms with Crippen LogP contribution in [0.5, 0.6) is 0 Å². The van der Waals surface area contributed by atoms with Gasteiger partial charge in [0, 0.05) is 45.8 Å². The number of nitrogens with zero attached hydrogens (tertiary/aromatic N) is 1. The maximum atomic E-state index is 12.2. The highest BCUT2D eigenvalue weighted by molar-refractivity contribution is 5.80. The van der Waals surface area contributed by atoms with E-state index in [0.717, 1.165) is 18.7 Å². The summed E-state index contributed by atoms with van der Waals surface area (Å²) in [4.78, 5) is 25.4. The van der Waals surface area contributed by atoms with Gasteiger partial charge in [-0.25, -0.2) is 4.79 Å². The number of hydrogen-bond donors (Lipinski definition) is 3. The van der Waals surface area contributed by atoms with Gasteiger partial charge in [-0.2, -0.15) is 0 Å². The van der Waals surface area contributed by atoms with E-state index in [1.54, 1.807) is 4.90 Å². The van der Waals surface area contributed by atoms with Gasteiger partial charge in [-0.3, -0.25) is 4.79 Å². The number of nitrogens with one attached hydrogen (secondary N) is 3. The molecule has 0 atom stereocenters. The molecule has 0 saturated carbocycles. The molecule has 23 heavy (non-hydrogen) atoms. The van der Waals surface area contributed by atoms with Crippen LogP contribution in [-0.4, -0.2) is 62.8 Å². The van der Waals surface area contributed by atoms with E-state index in [0.29, 0.717) is 32.7 Å². The molecule has 7 nitrogen and oxygen atoms in total. The largest absolute Gasteiger partial charge is 0.439 e. The smallest absolute Gasteiger partial charge is 0.410 e. The lowest BCUT2D eigenvalue weighted by molar-refractivity contribution is -0.124. The zero-order valence-electron chi connectivity index (χ0n) is 13.2. The van der Waals surface area contributed by atoms with E-state index in [1.165, 1.54) is 0 Å². The minimum atomic E-state index is -0.471. The number of carbonyl (C=O) groups is 2. The summed E-state index contributed by atoms with van der Waals surface area (Å²) in [6, 6.07) is 9.72. The average molecular weight is 320 g/mol. The number of cyclic esters (lactones) is 1. The van der Waals surface area contributed by atoms with Crippen molar-refractivity contribution >= 4 is 12.0 Å². The quantitative estimate of drug-likeness (QED) is 0.711. The van der Waals surface area contributed by atoms with E-state index in [2.05, 4.69) is 16.0 Å². The number of hydrogen-bond acceptors (Lipinski definition) is 5. The van der Waals surface area contributed by atoms with E-state index in [9.17, 15) is 9.59 Å². The summed E-state index contributed by atoms with van der Waals surface area (Å²) in [7, 11) is 0. The van der Waals surface area contributed by atoms with Crippen molar-refractivity contribution in [2.75, 3.05) is 45.9 Å². The van der Waals surface area contributed by atoms with Crippen LogP contribution >= 0.6 is 0 Å². The standard InChI is InChI=1S/C16H24N4O3/c21-15-13-23-16(22)20(12-14-4-2-1-3-5-14)11-10-18-7-6-17-8-9-19-15/h1-5,17-18H,6-13H2,(H,19,21). The maximum Gasteiger partial charge on any atom is 0.410 e. The summed E-state index contributed by atoms with van der Waals surface area (Å²) in [5.41, 5.74) is 1.02. The van der Waals surface area contributed by atoms with Crippen molar-refractivity contribution in [1.29, 1.82) is 0 Å². The lowest BCUT2D eigenvalue weighted by atomic mass is 10.2. The van der Waals surface area contributed by atoms with Gasteiger partial charge in [0.2, 0.25) is 0 Å². The van der Waals surface area contributed by atoms with Gasteiger partial charge in [0.05, 0.1) is 0 Å². The Labute approximate surface area is 136 Å². The molecule has 0 aromatic heterocycles. The minimum Gasteiger partial charge on any atom is -0.439 e. The Kier molecular flexibility index (Phi) is 7.35. The van der Waals surface area contributed by atoms with Gasteiger partial charge in [-0.05, 0) is 5.56 Å². The molecule has 1 aliphatic rings. The molecule has 1 aliphatic heterocycles. The van der Waals surface area contributed by atoms with Crippen molar-refractivity contribution in [3.8, 4) is 0 Å². The average Bonchev–Trinajstić information content (AvgIpc) is 2.57. The fourth-order valence-electron chi connectivity index (χ4n) is 2.24. The molecule has 2 amide bonds. The number of benzene rings is 1. The first-order valence-corrected chi connectivity index (χ1v) is 7.89. The summed E-state index contributed by atoms with van der Waals surface area (Å²) in [6.07, 6.45) is -0.471. The van der Waals surface area contributed by atoms with Crippen LogP contribution in [0.1, 0.15) is 5.56 Å². The zero-order chi connectivity index (χ0) is 16.3. The molecule has 1 aromatic carbocycles. The molecule has 3 N–H and O–H groups in total. The Morgan fingerprint density at radius 1 is 0.957 bits per heavy atom. The molecule has 1 aromatic rings. The van der Waals surface area contributed by atoms with Crippen LogP contribution in [0, 0.1) is 0 Å². The highest BCUT2D eigenvalue weighted by Crippen LogP contribution is 2.05. The third kappa shape index (κ3) is 6.66. The number of amides is 2. The second-order valence-corrected chi connectivity index (χ2v) is 5.31. The van der Waals surface area contributed by atoms with E-state index < -0.39 is 6.09 Å². The Morgan fingerprint density at radius 2 is 1.65 bits per heavy atom. The molecular formula is C16H24N4O3. The molecule has 0 unspecified atom stereocenters. The predicted molar refractivity (Wildman–Crippen MR) is 86.9 cm³/mol. The van der Waals surface area contributed by atoms with Crippen molar-refractivity contribution < 1.29 is 14.3 Å². The van der Waals surface area contributed by atoms with Gasteiger partial charge >= 0.3 is 6.09 Å². The van der Waals surface area contributed by atoms with Crippen LogP contribution in [0.3, 0.4) is 0 Å². The maximum absolute atomic E-state index is 12.2. The molecule has 1 heterocycles. The molecule has 1 fully saturated rings. The van der Waals surface area contributed by atoms with Gasteiger partial charge in [0.15, 0.2) is 6.61 Å². The zero-order valence-corrected chi connectivity index (χ0v) is 13.2. The molecule has 0 bridgehead atoms. The first kappa shape index (κ1) is 17.2. The second kappa shape index (κ2) is 9.81. The van der Waals surface area contributed by atoms with Gasteiger partial charge in [0.1, 0.15) is 0 Å². The Hall–Kier alpha value is -2.12. The number of carbonyl (C=O) groups excluding carboxylic acids is 2. The molecule has 0 spiro atoms. The third-order valence-electron chi connectivity index (χ3n) is 3.46. The monoisotopic (exact) mass is 320 g/mol. The van der Waals surface area contributed by atoms with Crippen LogP contribution in [0.25, 0.3) is 0 Å². The molecular weight excluding hydrogens is 296 g/mol. The molecule has 2 rings (SSSR count). The van der Waals surface area contributed by atoms with Gasteiger partial charge < -0.3 is 25.6 Å². The Balaban J connectivity index is 1.94. The second-order valence-electron chi connectivity index (χ2n) is 5.31. The number of ether oxygens (including phenoxy) is 1. The molecule has 126 valence electrons. The van der Waals surface area contributed by atoms with Crippen LogP contribution in [0.4, 0.5) is 4.79 Å². The summed E-state index contributed by atoms with van der Waals surface area (Å²) < 4.78 is 5.11. The predicted octanol–water partition coefficient (Wildman–Crippen LogP) is -0.0658. The van der Waals surface area contributed by atoms with Gasteiger partial charge in [0.25, 0.3) is 5.91 Å². The fourth-order valence-corrected chi connectivity index (χ4v) is 2.24. The van der Waals surface area contributed by atoms with Crippen molar-refractivity contribution in [2.45, 2.75) is 6.54 Å². The van der Waals surface area contributed by atoms with E-state index in [-0.39, 0.29) is 12.5 Å². The molecule has 7 heteroatoms. The fraction of sp³-hybridized carbons (Fsp3) is 0.500. The van der Waals surface area contributed by atoms with Crippen LogP contribution in [0.2, 0.25) is 0 Å². The first-order chi connectivity index (χ1) is 11.3. The SMILES string of the molecule is O=C1COC(=O)N(Cc2ccccc2)CCNCCNCCN1. The van der Waals surface area contributed by atoms with E-state index >= 15 is 0 Å². The lowest BCUT2D eigenvalue weighted by Gasteiger charge is -2.23. The summed E-state index contributed by atoms with van der Waals surface area (Å²) in [5.74, 6) is -0.282. The van der Waals surface area contributed by atoms with Crippen molar-refractivity contribution in [3.63, 3.8) is 0 Å². The minimum absolute atomic E-state index is 0.252. The van der Waals surface area contributed by atoms with Crippen molar-refractivity contribution in [1.82, 2.24) is 20.9 Å². The van der Waals surface area contributed by atoms with E-state index in [1.807, 2.05) is 30.3 Å². The summed E-state index contributed by atoms with van der Waals surface area (Å²) in [5, 5.41) is 9.21. The highest BCUT2D eigenvalue weighted by Gasteiger charge is 2.16. The van der Waals surface area contributed by atoms with Crippen LogP contribution < -0.4 is 16.0 Å². The topological polar surface area (TPSA) is 82.7 Å². The first-order valence-electron chi connectivity index (χ1n) is 7.89. The summed E-state index contributed by atoms with van der Waals surface area (Å²) in [6.45, 7) is 4.25. The molecule has 0 aliphatic carbocycles. The Morgan fingerprint density at radius 3 is 2.43 bits per heavy atom. The molecule has 0 radical (unpaired) electrons. The van der Waals surface area contributed by atoms with Crippen molar-refractivity contribution in [3.05, 3.63) is 35.9 Å². The van der Waals surface area contributed by atoms with Gasteiger partial charge in [-0.1, -0.05) is 30.3 Å². The normalized spacial score (nSPS) is 18.7. The van der Waals surface area contributed by atoms with Gasteiger partial charge in [-0.15, -0.1) is 0 Å². The van der Waals surface area contributed by atoms with Crippen LogP contribution in [-0.2, 0) is 16.1 Å². The number of rotatable bonds is 2. The Bertz CT molecular complexity index is 495. The van der Waals surface area contributed by atoms with Crippen LogP contribution in [0.15, 0.2) is 30.3 Å². The third-order valence-corrected chi connectivity index (χ3v) is 3.46.